The maximum Gasteiger partial charge on any atom is 0.162 e. The first-order valence-electron chi connectivity index (χ1n) is 9.58. The quantitative estimate of drug-likeness (QED) is 0.477. The van der Waals surface area contributed by atoms with Gasteiger partial charge >= 0.3 is 0 Å². The summed E-state index contributed by atoms with van der Waals surface area (Å²) in [6.45, 7) is 3.09. The van der Waals surface area contributed by atoms with Crippen molar-refractivity contribution in [2.75, 3.05) is 40.9 Å². The molecule has 0 aromatic heterocycles. The molecule has 4 N–H and O–H groups in total. The molecule has 152 valence electrons. The lowest BCUT2D eigenvalue weighted by molar-refractivity contribution is -0.909. The zero-order valence-electron chi connectivity index (χ0n) is 17.1. The van der Waals surface area contributed by atoms with E-state index in [1.165, 1.54) is 24.5 Å². The Kier molecular flexibility index (Phi) is 8.44. The third-order valence-corrected chi connectivity index (χ3v) is 4.74. The van der Waals surface area contributed by atoms with Crippen molar-refractivity contribution in [1.82, 2.24) is 0 Å². The molecule has 2 atom stereocenters. The Bertz CT molecular complexity index is 749. The van der Waals surface area contributed by atoms with Gasteiger partial charge in [0, 0.05) is 11.1 Å². The third-order valence-electron chi connectivity index (χ3n) is 4.74. The number of ether oxygens (including phenoxy) is 2. The molecule has 6 nitrogen and oxygen atoms in total. The van der Waals surface area contributed by atoms with E-state index in [1.807, 2.05) is 6.07 Å². The SMILES string of the molecule is COc1cc(C(C)=O)ccc1OC[C@@H](O)C[NH2+]C[C@H](c1ccccc1)[NH+](C)C. The highest BCUT2D eigenvalue weighted by atomic mass is 16.5. The summed E-state index contributed by atoms with van der Waals surface area (Å²) in [4.78, 5) is 12.8. The van der Waals surface area contributed by atoms with E-state index in [9.17, 15) is 9.90 Å². The first-order chi connectivity index (χ1) is 13.4. The summed E-state index contributed by atoms with van der Waals surface area (Å²) in [6, 6.07) is 15.8. The van der Waals surface area contributed by atoms with Crippen LogP contribution >= 0.6 is 0 Å². The fraction of sp³-hybridized carbons (Fsp3) is 0.409. The molecule has 0 aliphatic heterocycles. The largest absolute Gasteiger partial charge is 0.493 e. The van der Waals surface area contributed by atoms with Gasteiger partial charge in [0.15, 0.2) is 23.3 Å². The van der Waals surface area contributed by atoms with Crippen molar-refractivity contribution in [3.05, 3.63) is 59.7 Å². The number of hydrogen-bond donors (Lipinski definition) is 3. The van der Waals surface area contributed by atoms with Crippen LogP contribution in [0.3, 0.4) is 0 Å². The van der Waals surface area contributed by atoms with E-state index in [4.69, 9.17) is 9.47 Å². The lowest BCUT2D eigenvalue weighted by atomic mass is 10.1. The second kappa shape index (κ2) is 10.8. The molecule has 2 rings (SSSR count). The van der Waals surface area contributed by atoms with E-state index >= 15 is 0 Å². The second-order valence-corrected chi connectivity index (χ2v) is 7.19. The van der Waals surface area contributed by atoms with Gasteiger partial charge in [0.2, 0.25) is 0 Å². The van der Waals surface area contributed by atoms with Crippen molar-refractivity contribution in [1.29, 1.82) is 0 Å². The highest BCUT2D eigenvalue weighted by molar-refractivity contribution is 5.94. The lowest BCUT2D eigenvalue weighted by Crippen LogP contribution is -3.09. The van der Waals surface area contributed by atoms with Gasteiger partial charge in [0.1, 0.15) is 25.8 Å². The van der Waals surface area contributed by atoms with Crippen molar-refractivity contribution >= 4 is 5.78 Å². The molecule has 0 bridgehead atoms. The number of ketones is 1. The minimum atomic E-state index is -0.606. The van der Waals surface area contributed by atoms with Crippen LogP contribution in [0, 0.1) is 0 Å². The van der Waals surface area contributed by atoms with E-state index in [0.717, 1.165) is 6.54 Å². The third kappa shape index (κ3) is 6.34. The Balaban J connectivity index is 1.84. The van der Waals surface area contributed by atoms with Crippen LogP contribution in [0.5, 0.6) is 11.5 Å². The molecule has 0 saturated carbocycles. The second-order valence-electron chi connectivity index (χ2n) is 7.19. The summed E-state index contributed by atoms with van der Waals surface area (Å²) in [5, 5.41) is 12.4. The zero-order chi connectivity index (χ0) is 20.5. The summed E-state index contributed by atoms with van der Waals surface area (Å²) in [5.41, 5.74) is 1.86. The van der Waals surface area contributed by atoms with Crippen LogP contribution in [0.15, 0.2) is 48.5 Å². The van der Waals surface area contributed by atoms with Gasteiger partial charge in [-0.05, 0) is 25.1 Å². The molecule has 0 amide bonds. The van der Waals surface area contributed by atoms with Crippen molar-refractivity contribution in [2.24, 2.45) is 0 Å². The lowest BCUT2D eigenvalue weighted by Gasteiger charge is -2.21. The average molecular weight is 389 g/mol. The first-order valence-corrected chi connectivity index (χ1v) is 9.58. The van der Waals surface area contributed by atoms with Crippen LogP contribution in [-0.4, -0.2) is 57.9 Å². The minimum Gasteiger partial charge on any atom is -0.493 e. The standard InChI is InChI=1S/C22H30N2O4/c1-16(25)18-10-11-21(22(12-18)27-4)28-15-19(26)13-23-14-20(24(2)3)17-8-6-5-7-9-17/h5-12,19-20,23,26H,13-15H2,1-4H3/p+2/t19-,20+/m0/s1. The number of hydrogen-bond acceptors (Lipinski definition) is 4. The van der Waals surface area contributed by atoms with Crippen LogP contribution in [0.25, 0.3) is 0 Å². The van der Waals surface area contributed by atoms with Crippen molar-refractivity contribution < 1.29 is 29.6 Å². The van der Waals surface area contributed by atoms with Gasteiger partial charge < -0.3 is 24.8 Å². The van der Waals surface area contributed by atoms with E-state index in [-0.39, 0.29) is 12.4 Å². The van der Waals surface area contributed by atoms with Gasteiger partial charge in [-0.15, -0.1) is 0 Å². The number of rotatable bonds is 11. The van der Waals surface area contributed by atoms with Crippen molar-refractivity contribution in [3.63, 3.8) is 0 Å². The summed E-state index contributed by atoms with van der Waals surface area (Å²) in [6.07, 6.45) is -0.606. The maximum absolute atomic E-state index is 11.5. The summed E-state index contributed by atoms with van der Waals surface area (Å²) < 4.78 is 11.0. The number of methoxy groups -OCH3 is 1. The molecule has 6 heteroatoms. The first kappa shape index (κ1) is 21.9. The molecular weight excluding hydrogens is 356 g/mol. The fourth-order valence-corrected chi connectivity index (χ4v) is 3.11. The Labute approximate surface area is 167 Å². The topological polar surface area (TPSA) is 76.8 Å². The van der Waals surface area contributed by atoms with Crippen LogP contribution in [0.4, 0.5) is 0 Å². The van der Waals surface area contributed by atoms with Gasteiger partial charge in [-0.25, -0.2) is 0 Å². The molecule has 0 aliphatic carbocycles. The molecule has 2 aromatic carbocycles. The van der Waals surface area contributed by atoms with Gasteiger partial charge in [-0.2, -0.15) is 0 Å². The molecule has 0 saturated heterocycles. The predicted molar refractivity (Wildman–Crippen MR) is 108 cm³/mol. The van der Waals surface area contributed by atoms with Gasteiger partial charge in [0.05, 0.1) is 21.2 Å². The number of likely N-dealkylation sites (N-methyl/N-ethyl adjacent to an activating group) is 1. The summed E-state index contributed by atoms with van der Waals surface area (Å²) in [5.74, 6) is 0.978. The van der Waals surface area contributed by atoms with E-state index < -0.39 is 6.10 Å². The normalized spacial score (nSPS) is 13.2. The number of quaternary nitrogens is 2. The van der Waals surface area contributed by atoms with Gasteiger partial charge in [-0.3, -0.25) is 4.79 Å². The average Bonchev–Trinajstić information content (AvgIpc) is 2.69. The van der Waals surface area contributed by atoms with E-state index in [2.05, 4.69) is 43.7 Å². The number of benzene rings is 2. The fourth-order valence-electron chi connectivity index (χ4n) is 3.11. The molecule has 0 heterocycles. The highest BCUT2D eigenvalue weighted by Crippen LogP contribution is 2.28. The summed E-state index contributed by atoms with van der Waals surface area (Å²) in [7, 11) is 5.81. The molecule has 0 spiro atoms. The van der Waals surface area contributed by atoms with Gasteiger partial charge in [-0.1, -0.05) is 30.3 Å². The number of aliphatic hydroxyl groups is 1. The Morgan fingerprint density at radius 2 is 1.82 bits per heavy atom. The molecule has 0 aliphatic rings. The monoisotopic (exact) mass is 388 g/mol. The van der Waals surface area contributed by atoms with Crippen LogP contribution in [0.1, 0.15) is 28.9 Å². The number of nitrogens with two attached hydrogens (primary N) is 1. The Hall–Kier alpha value is -2.41. The van der Waals surface area contributed by atoms with Crippen molar-refractivity contribution in [2.45, 2.75) is 19.1 Å². The molecule has 0 unspecified atom stereocenters. The Morgan fingerprint density at radius 1 is 1.11 bits per heavy atom. The number of carbonyl (C=O) groups excluding carboxylic acids is 1. The predicted octanol–water partition coefficient (Wildman–Crippen LogP) is 0.0867. The minimum absolute atomic E-state index is 0.0320. The Morgan fingerprint density at radius 3 is 2.43 bits per heavy atom. The summed E-state index contributed by atoms with van der Waals surface area (Å²) >= 11 is 0. The molecular formula is C22H32N2O4+2. The molecule has 0 fully saturated rings. The number of aliphatic hydroxyl groups excluding tert-OH is 1. The highest BCUT2D eigenvalue weighted by Gasteiger charge is 2.20. The molecule has 2 aromatic rings. The zero-order valence-corrected chi connectivity index (χ0v) is 17.1. The van der Waals surface area contributed by atoms with Crippen LogP contribution in [-0.2, 0) is 0 Å². The molecule has 28 heavy (non-hydrogen) atoms. The van der Waals surface area contributed by atoms with Gasteiger partial charge in [0.25, 0.3) is 0 Å². The van der Waals surface area contributed by atoms with Crippen LogP contribution in [0.2, 0.25) is 0 Å². The molecule has 0 radical (unpaired) electrons. The smallest absolute Gasteiger partial charge is 0.162 e. The van der Waals surface area contributed by atoms with Crippen LogP contribution < -0.4 is 19.7 Å². The van der Waals surface area contributed by atoms with E-state index in [0.29, 0.717) is 29.6 Å². The number of carbonyl (C=O) groups is 1. The van der Waals surface area contributed by atoms with E-state index in [1.54, 1.807) is 18.2 Å². The van der Waals surface area contributed by atoms with Crippen molar-refractivity contribution in [3.8, 4) is 11.5 Å². The number of nitrogens with one attached hydrogen (secondary N) is 1. The number of Topliss-reactive ketones (excluding diaryl/α,β-unsaturated/α-hetero) is 1. The maximum atomic E-state index is 11.5.